The molecule has 144 valence electrons. The lowest BCUT2D eigenvalue weighted by Crippen LogP contribution is -2.21. The van der Waals surface area contributed by atoms with Crippen LogP contribution in [0, 0.1) is 0 Å². The lowest BCUT2D eigenvalue weighted by atomic mass is 9.97. The van der Waals surface area contributed by atoms with Crippen LogP contribution in [0.2, 0.25) is 0 Å². The molecule has 28 heavy (non-hydrogen) atoms. The number of esters is 2. The van der Waals surface area contributed by atoms with E-state index in [-0.39, 0.29) is 13.2 Å². The van der Waals surface area contributed by atoms with Crippen molar-refractivity contribution in [3.63, 3.8) is 0 Å². The molecule has 0 heterocycles. The van der Waals surface area contributed by atoms with E-state index in [0.29, 0.717) is 11.1 Å². The Hall–Kier alpha value is -3.18. The van der Waals surface area contributed by atoms with Crippen LogP contribution in [0.25, 0.3) is 21.5 Å². The maximum atomic E-state index is 12.8. The number of hydrogen-bond donors (Lipinski definition) is 0. The van der Waals surface area contributed by atoms with Crippen molar-refractivity contribution in [2.45, 2.75) is 20.1 Å². The van der Waals surface area contributed by atoms with Gasteiger partial charge in [-0.25, -0.2) is 9.59 Å². The van der Waals surface area contributed by atoms with Gasteiger partial charge in [-0.2, -0.15) is 0 Å². The van der Waals surface area contributed by atoms with Gasteiger partial charge in [-0.15, -0.1) is 0 Å². The molecule has 0 spiro atoms. The molecule has 0 radical (unpaired) electrons. The van der Waals surface area contributed by atoms with Gasteiger partial charge in [0.25, 0.3) is 0 Å². The molecule has 5 heteroatoms. The van der Waals surface area contributed by atoms with Crippen LogP contribution >= 0.6 is 0 Å². The van der Waals surface area contributed by atoms with Crippen molar-refractivity contribution in [3.8, 4) is 0 Å². The third-order valence-corrected chi connectivity index (χ3v) is 4.27. The predicted octanol–water partition coefficient (Wildman–Crippen LogP) is 4.63. The molecule has 0 bridgehead atoms. The number of carbonyl (C=O) groups excluding carboxylic acids is 2. The zero-order valence-corrected chi connectivity index (χ0v) is 15.9. The fourth-order valence-electron chi connectivity index (χ4n) is 2.94. The Morgan fingerprint density at radius 3 is 2.11 bits per heavy atom. The minimum absolute atomic E-state index is 0.0470. The molecule has 0 aliphatic carbocycles. The normalized spacial score (nSPS) is 11.9. The lowest BCUT2D eigenvalue weighted by Gasteiger charge is -2.15. The second-order valence-electron chi connectivity index (χ2n) is 6.45. The standard InChI is InChI=1S/C23H22O5/c1-15(2)22(24)28-16(3)26-12-13-27-23(25)21-19-10-6-4-8-17(19)14-18-9-5-7-11-20(18)21/h4-11,14,16H,1,12-13H2,2-3H3. The molecule has 0 aromatic heterocycles. The van der Waals surface area contributed by atoms with Crippen molar-refractivity contribution >= 4 is 33.5 Å². The lowest BCUT2D eigenvalue weighted by molar-refractivity contribution is -0.171. The van der Waals surface area contributed by atoms with Crippen molar-refractivity contribution in [1.82, 2.24) is 0 Å². The zero-order chi connectivity index (χ0) is 20.1. The van der Waals surface area contributed by atoms with Crippen molar-refractivity contribution in [2.24, 2.45) is 0 Å². The van der Waals surface area contributed by atoms with Gasteiger partial charge in [0.05, 0.1) is 12.2 Å². The van der Waals surface area contributed by atoms with E-state index in [2.05, 4.69) is 12.6 Å². The van der Waals surface area contributed by atoms with Crippen LogP contribution in [0.4, 0.5) is 0 Å². The second kappa shape index (κ2) is 8.67. The van der Waals surface area contributed by atoms with Crippen LogP contribution in [0.5, 0.6) is 0 Å². The maximum Gasteiger partial charge on any atom is 0.339 e. The Bertz CT molecular complexity index is 984. The topological polar surface area (TPSA) is 61.8 Å². The van der Waals surface area contributed by atoms with Gasteiger partial charge in [0.1, 0.15) is 6.61 Å². The summed E-state index contributed by atoms with van der Waals surface area (Å²) in [6.45, 7) is 6.83. The van der Waals surface area contributed by atoms with E-state index >= 15 is 0 Å². The molecule has 0 aliphatic rings. The van der Waals surface area contributed by atoms with E-state index in [4.69, 9.17) is 14.2 Å². The first-order valence-electron chi connectivity index (χ1n) is 9.03. The Balaban J connectivity index is 1.70. The molecule has 0 fully saturated rings. The summed E-state index contributed by atoms with van der Waals surface area (Å²) in [5.41, 5.74) is 0.833. The maximum absolute atomic E-state index is 12.8. The highest BCUT2D eigenvalue weighted by Crippen LogP contribution is 2.29. The number of hydrogen-bond acceptors (Lipinski definition) is 5. The van der Waals surface area contributed by atoms with Crippen LogP contribution in [-0.4, -0.2) is 31.4 Å². The van der Waals surface area contributed by atoms with Gasteiger partial charge < -0.3 is 14.2 Å². The van der Waals surface area contributed by atoms with Crippen LogP contribution < -0.4 is 0 Å². The summed E-state index contributed by atoms with van der Waals surface area (Å²) in [6, 6.07) is 17.5. The smallest absolute Gasteiger partial charge is 0.339 e. The van der Waals surface area contributed by atoms with E-state index in [1.165, 1.54) is 0 Å². The zero-order valence-electron chi connectivity index (χ0n) is 15.9. The van der Waals surface area contributed by atoms with Crippen LogP contribution in [0.3, 0.4) is 0 Å². The summed E-state index contributed by atoms with van der Waals surface area (Å²) in [5.74, 6) is -0.935. The molecule has 0 amide bonds. The van der Waals surface area contributed by atoms with Crippen molar-refractivity contribution in [1.29, 1.82) is 0 Å². The molecule has 0 aliphatic heterocycles. The number of rotatable bonds is 7. The van der Waals surface area contributed by atoms with Crippen molar-refractivity contribution in [2.75, 3.05) is 13.2 Å². The van der Waals surface area contributed by atoms with Gasteiger partial charge >= 0.3 is 11.9 Å². The third-order valence-electron chi connectivity index (χ3n) is 4.27. The summed E-state index contributed by atoms with van der Waals surface area (Å²) in [4.78, 5) is 24.3. The minimum atomic E-state index is -0.749. The summed E-state index contributed by atoms with van der Waals surface area (Å²) >= 11 is 0. The Morgan fingerprint density at radius 2 is 1.54 bits per heavy atom. The molecule has 1 atom stereocenters. The number of benzene rings is 3. The molecule has 3 aromatic carbocycles. The molecular weight excluding hydrogens is 356 g/mol. The molecular formula is C23H22O5. The van der Waals surface area contributed by atoms with E-state index in [1.54, 1.807) is 13.8 Å². The van der Waals surface area contributed by atoms with Crippen molar-refractivity contribution < 1.29 is 23.8 Å². The van der Waals surface area contributed by atoms with Gasteiger partial charge in [0.15, 0.2) is 0 Å². The quantitative estimate of drug-likeness (QED) is 0.197. The number of fused-ring (bicyclic) bond motifs is 2. The highest BCUT2D eigenvalue weighted by atomic mass is 16.7. The summed E-state index contributed by atoms with van der Waals surface area (Å²) in [6.07, 6.45) is -0.749. The number of ether oxygens (including phenoxy) is 3. The molecule has 3 rings (SSSR count). The molecule has 0 N–H and O–H groups in total. The average molecular weight is 378 g/mol. The monoisotopic (exact) mass is 378 g/mol. The molecule has 0 saturated carbocycles. The fraction of sp³-hybridized carbons (Fsp3) is 0.217. The SMILES string of the molecule is C=C(C)C(=O)OC(C)OCCOC(=O)c1c2ccccc2cc2ccccc12. The summed E-state index contributed by atoms with van der Waals surface area (Å²) in [7, 11) is 0. The van der Waals surface area contributed by atoms with E-state index in [0.717, 1.165) is 21.5 Å². The Kier molecular flexibility index (Phi) is 6.06. The molecule has 5 nitrogen and oxygen atoms in total. The predicted molar refractivity (Wildman–Crippen MR) is 108 cm³/mol. The van der Waals surface area contributed by atoms with E-state index in [1.807, 2.05) is 48.5 Å². The van der Waals surface area contributed by atoms with Gasteiger partial charge in [0.2, 0.25) is 6.29 Å². The van der Waals surface area contributed by atoms with Crippen molar-refractivity contribution in [3.05, 3.63) is 72.3 Å². The van der Waals surface area contributed by atoms with E-state index in [9.17, 15) is 9.59 Å². The highest BCUT2D eigenvalue weighted by molar-refractivity contribution is 6.16. The van der Waals surface area contributed by atoms with Gasteiger partial charge in [-0.05, 0) is 41.5 Å². The molecule has 1 unspecified atom stereocenters. The minimum Gasteiger partial charge on any atom is -0.460 e. The van der Waals surface area contributed by atoms with E-state index < -0.39 is 18.2 Å². The average Bonchev–Trinajstić information content (AvgIpc) is 2.69. The van der Waals surface area contributed by atoms with Crippen LogP contribution in [0.1, 0.15) is 24.2 Å². The second-order valence-corrected chi connectivity index (χ2v) is 6.45. The molecule has 3 aromatic rings. The van der Waals surface area contributed by atoms with Gasteiger partial charge in [0, 0.05) is 5.57 Å². The van der Waals surface area contributed by atoms with Crippen LogP contribution in [-0.2, 0) is 19.0 Å². The van der Waals surface area contributed by atoms with Crippen LogP contribution in [0.15, 0.2) is 66.7 Å². The number of carbonyl (C=O) groups is 2. The van der Waals surface area contributed by atoms with Gasteiger partial charge in [-0.3, -0.25) is 0 Å². The Morgan fingerprint density at radius 1 is 0.964 bits per heavy atom. The summed E-state index contributed by atoms with van der Waals surface area (Å²) < 4.78 is 15.8. The van der Waals surface area contributed by atoms with Gasteiger partial charge in [-0.1, -0.05) is 55.1 Å². The summed E-state index contributed by atoms with van der Waals surface area (Å²) in [5, 5.41) is 3.64. The molecule has 0 saturated heterocycles. The first kappa shape index (κ1) is 19.6. The fourth-order valence-corrected chi connectivity index (χ4v) is 2.94. The highest BCUT2D eigenvalue weighted by Gasteiger charge is 2.16. The third kappa shape index (κ3) is 4.38. The largest absolute Gasteiger partial charge is 0.460 e. The first-order valence-corrected chi connectivity index (χ1v) is 9.03. The Labute approximate surface area is 163 Å². The first-order chi connectivity index (χ1) is 13.5.